The molecule has 1 aliphatic carbocycles. The third kappa shape index (κ3) is 2.27. The minimum Gasteiger partial charge on any atom is -0.300 e. The lowest BCUT2D eigenvalue weighted by Crippen LogP contribution is -2.13. The van der Waals surface area contributed by atoms with Crippen LogP contribution in [0.5, 0.6) is 0 Å². The van der Waals surface area contributed by atoms with Crippen LogP contribution < -0.4 is 0 Å². The second kappa shape index (κ2) is 4.43. The molecule has 1 aromatic rings. The van der Waals surface area contributed by atoms with Crippen LogP contribution in [-0.4, -0.2) is 10.7 Å². The van der Waals surface area contributed by atoms with Crippen LogP contribution in [0, 0.1) is 10.1 Å². The highest BCUT2D eigenvalue weighted by atomic mass is 16.6. The van der Waals surface area contributed by atoms with Crippen molar-refractivity contribution in [1.29, 1.82) is 0 Å². The van der Waals surface area contributed by atoms with E-state index in [4.69, 9.17) is 0 Å². The van der Waals surface area contributed by atoms with Crippen LogP contribution in [0.1, 0.15) is 37.2 Å². The van der Waals surface area contributed by atoms with Gasteiger partial charge < -0.3 is 0 Å². The Bertz CT molecular complexity index is 411. The van der Waals surface area contributed by atoms with E-state index < -0.39 is 4.92 Å². The molecule has 4 heteroatoms. The van der Waals surface area contributed by atoms with E-state index in [1.807, 2.05) is 0 Å². The van der Waals surface area contributed by atoms with Gasteiger partial charge in [0.2, 0.25) is 0 Å². The molecule has 0 aliphatic heterocycles. The Morgan fingerprint density at radius 1 is 1.25 bits per heavy atom. The van der Waals surface area contributed by atoms with Crippen molar-refractivity contribution in [3.63, 3.8) is 0 Å². The summed E-state index contributed by atoms with van der Waals surface area (Å²) in [6.45, 7) is 0. The van der Waals surface area contributed by atoms with E-state index >= 15 is 0 Å². The molecule has 0 bridgehead atoms. The summed E-state index contributed by atoms with van der Waals surface area (Å²) in [5, 5.41) is 10.5. The van der Waals surface area contributed by atoms with Crippen LogP contribution in [0.2, 0.25) is 0 Å². The number of hydrogen-bond donors (Lipinski definition) is 0. The summed E-state index contributed by atoms with van der Waals surface area (Å²) in [4.78, 5) is 21.4. The van der Waals surface area contributed by atoms with Gasteiger partial charge in [-0.25, -0.2) is 0 Å². The fourth-order valence-electron chi connectivity index (χ4n) is 2.18. The van der Waals surface area contributed by atoms with Crippen LogP contribution in [0.4, 0.5) is 5.69 Å². The molecular formula is C12H13NO3. The van der Waals surface area contributed by atoms with Gasteiger partial charge in [-0.1, -0.05) is 12.1 Å². The Morgan fingerprint density at radius 2 is 1.94 bits per heavy atom. The van der Waals surface area contributed by atoms with Crippen molar-refractivity contribution < 1.29 is 9.72 Å². The predicted molar refractivity (Wildman–Crippen MR) is 59.3 cm³/mol. The molecule has 1 aliphatic rings. The summed E-state index contributed by atoms with van der Waals surface area (Å²) >= 11 is 0. The van der Waals surface area contributed by atoms with Crippen LogP contribution in [0.3, 0.4) is 0 Å². The molecule has 1 unspecified atom stereocenters. The Hall–Kier alpha value is -1.71. The average Bonchev–Trinajstić information content (AvgIpc) is 2.29. The van der Waals surface area contributed by atoms with E-state index in [-0.39, 0.29) is 11.6 Å². The van der Waals surface area contributed by atoms with Gasteiger partial charge in [0.05, 0.1) is 4.92 Å². The van der Waals surface area contributed by atoms with Gasteiger partial charge in [0, 0.05) is 25.0 Å². The minimum atomic E-state index is -0.407. The maximum atomic E-state index is 11.3. The monoisotopic (exact) mass is 219 g/mol. The second-order valence-electron chi connectivity index (χ2n) is 4.18. The zero-order chi connectivity index (χ0) is 11.5. The number of benzene rings is 1. The Balaban J connectivity index is 2.14. The number of nitro benzene ring substituents is 1. The van der Waals surface area contributed by atoms with Gasteiger partial charge in [0.15, 0.2) is 0 Å². The highest BCUT2D eigenvalue weighted by Gasteiger charge is 2.21. The molecule has 2 rings (SSSR count). The van der Waals surface area contributed by atoms with Crippen molar-refractivity contribution >= 4 is 11.5 Å². The first-order valence-electron chi connectivity index (χ1n) is 5.43. The van der Waals surface area contributed by atoms with Crippen molar-refractivity contribution in [3.8, 4) is 0 Å². The SMILES string of the molecule is O=C1CCCC(c2ccc([N+](=O)[O-])cc2)C1. The number of non-ortho nitro benzene ring substituents is 1. The van der Waals surface area contributed by atoms with E-state index in [1.54, 1.807) is 12.1 Å². The van der Waals surface area contributed by atoms with Gasteiger partial charge in [-0.15, -0.1) is 0 Å². The molecule has 1 atom stereocenters. The lowest BCUT2D eigenvalue weighted by molar-refractivity contribution is -0.384. The van der Waals surface area contributed by atoms with E-state index in [1.165, 1.54) is 12.1 Å². The third-order valence-corrected chi connectivity index (χ3v) is 3.06. The number of nitrogens with zero attached hydrogens (tertiary/aromatic N) is 1. The van der Waals surface area contributed by atoms with Crippen molar-refractivity contribution in [1.82, 2.24) is 0 Å². The van der Waals surface area contributed by atoms with Crippen molar-refractivity contribution in [3.05, 3.63) is 39.9 Å². The molecule has 1 saturated carbocycles. The molecule has 0 saturated heterocycles. The largest absolute Gasteiger partial charge is 0.300 e. The highest BCUT2D eigenvalue weighted by molar-refractivity contribution is 5.80. The quantitative estimate of drug-likeness (QED) is 0.567. The third-order valence-electron chi connectivity index (χ3n) is 3.06. The maximum absolute atomic E-state index is 11.3. The first kappa shape index (κ1) is 10.8. The molecular weight excluding hydrogens is 206 g/mol. The van der Waals surface area contributed by atoms with Crippen molar-refractivity contribution in [2.75, 3.05) is 0 Å². The van der Waals surface area contributed by atoms with E-state index in [2.05, 4.69) is 0 Å². The van der Waals surface area contributed by atoms with Gasteiger partial charge in [0.25, 0.3) is 5.69 Å². The lowest BCUT2D eigenvalue weighted by atomic mass is 9.83. The Labute approximate surface area is 93.4 Å². The lowest BCUT2D eigenvalue weighted by Gasteiger charge is -2.20. The number of Topliss-reactive ketones (excluding diaryl/α,β-unsaturated/α-hetero) is 1. The van der Waals surface area contributed by atoms with E-state index in [9.17, 15) is 14.9 Å². The summed E-state index contributed by atoms with van der Waals surface area (Å²) in [6, 6.07) is 6.55. The van der Waals surface area contributed by atoms with E-state index in [0.29, 0.717) is 18.6 Å². The first-order valence-corrected chi connectivity index (χ1v) is 5.43. The number of carbonyl (C=O) groups excluding carboxylic acids is 1. The molecule has 84 valence electrons. The van der Waals surface area contributed by atoms with Gasteiger partial charge in [-0.3, -0.25) is 14.9 Å². The molecule has 0 amide bonds. The summed E-state index contributed by atoms with van der Waals surface area (Å²) in [5.74, 6) is 0.552. The average molecular weight is 219 g/mol. The minimum absolute atomic E-state index is 0.103. The van der Waals surface area contributed by atoms with E-state index in [0.717, 1.165) is 18.4 Å². The van der Waals surface area contributed by atoms with Crippen LogP contribution in [-0.2, 0) is 4.79 Å². The van der Waals surface area contributed by atoms with Gasteiger partial charge >= 0.3 is 0 Å². The van der Waals surface area contributed by atoms with Crippen molar-refractivity contribution in [2.24, 2.45) is 0 Å². The van der Waals surface area contributed by atoms with Crippen LogP contribution in [0.15, 0.2) is 24.3 Å². The number of nitro groups is 1. The fraction of sp³-hybridized carbons (Fsp3) is 0.417. The topological polar surface area (TPSA) is 60.2 Å². The molecule has 0 radical (unpaired) electrons. The summed E-state index contributed by atoms with van der Waals surface area (Å²) < 4.78 is 0. The molecule has 0 aromatic heterocycles. The highest BCUT2D eigenvalue weighted by Crippen LogP contribution is 2.31. The van der Waals surface area contributed by atoms with Crippen LogP contribution in [0.25, 0.3) is 0 Å². The van der Waals surface area contributed by atoms with Crippen molar-refractivity contribution in [2.45, 2.75) is 31.6 Å². The molecule has 1 aromatic carbocycles. The van der Waals surface area contributed by atoms with Gasteiger partial charge in [-0.2, -0.15) is 0 Å². The maximum Gasteiger partial charge on any atom is 0.269 e. The fourth-order valence-corrected chi connectivity index (χ4v) is 2.18. The summed E-state index contributed by atoms with van der Waals surface area (Å²) in [7, 11) is 0. The molecule has 0 heterocycles. The number of hydrogen-bond acceptors (Lipinski definition) is 3. The number of rotatable bonds is 2. The molecule has 1 fully saturated rings. The molecule has 0 N–H and O–H groups in total. The Kier molecular flexibility index (Phi) is 2.99. The van der Waals surface area contributed by atoms with Gasteiger partial charge in [0.1, 0.15) is 5.78 Å². The predicted octanol–water partition coefficient (Wildman–Crippen LogP) is 2.82. The zero-order valence-electron chi connectivity index (χ0n) is 8.89. The first-order chi connectivity index (χ1) is 7.66. The standard InChI is InChI=1S/C12H13NO3/c14-12-3-1-2-10(8-12)9-4-6-11(7-5-9)13(15)16/h4-7,10H,1-3,8H2. The zero-order valence-corrected chi connectivity index (χ0v) is 8.89. The molecule has 0 spiro atoms. The summed E-state index contributed by atoms with van der Waals surface area (Å²) in [6.07, 6.45) is 3.20. The number of ketones is 1. The molecule has 4 nitrogen and oxygen atoms in total. The normalized spacial score (nSPS) is 20.8. The molecule has 16 heavy (non-hydrogen) atoms. The number of carbonyl (C=O) groups is 1. The summed E-state index contributed by atoms with van der Waals surface area (Å²) in [5.41, 5.74) is 1.14. The smallest absolute Gasteiger partial charge is 0.269 e. The Morgan fingerprint density at radius 3 is 2.50 bits per heavy atom. The second-order valence-corrected chi connectivity index (χ2v) is 4.18. The van der Waals surface area contributed by atoms with Gasteiger partial charge in [-0.05, 0) is 24.3 Å². The van der Waals surface area contributed by atoms with Crippen LogP contribution >= 0.6 is 0 Å².